The van der Waals surface area contributed by atoms with Crippen LogP contribution < -0.4 is 0 Å². The number of nitrogens with zero attached hydrogens (tertiary/aromatic N) is 1. The van der Waals surface area contributed by atoms with Crippen molar-refractivity contribution < 1.29 is 19.1 Å². The predicted octanol–water partition coefficient (Wildman–Crippen LogP) is 3.34. The molecule has 0 aliphatic rings. The van der Waals surface area contributed by atoms with E-state index < -0.39 is 18.0 Å². The van der Waals surface area contributed by atoms with Gasteiger partial charge >= 0.3 is 11.9 Å². The summed E-state index contributed by atoms with van der Waals surface area (Å²) in [7, 11) is 1.29. The van der Waals surface area contributed by atoms with Crippen LogP contribution in [0.3, 0.4) is 0 Å². The summed E-state index contributed by atoms with van der Waals surface area (Å²) in [6.07, 6.45) is -0.665. The van der Waals surface area contributed by atoms with E-state index in [0.717, 1.165) is 10.0 Å². The number of rotatable bonds is 4. The van der Waals surface area contributed by atoms with Gasteiger partial charge in [0.25, 0.3) is 0 Å². The highest BCUT2D eigenvalue weighted by Gasteiger charge is 2.24. The summed E-state index contributed by atoms with van der Waals surface area (Å²) in [5.41, 5.74) is 0.958. The summed E-state index contributed by atoms with van der Waals surface area (Å²) in [6, 6.07) is 7.38. The number of aromatic nitrogens is 1. The Morgan fingerprint density at radius 3 is 2.67 bits per heavy atom. The Balaban J connectivity index is 2.41. The van der Waals surface area contributed by atoms with Gasteiger partial charge in [-0.05, 0) is 6.07 Å². The van der Waals surface area contributed by atoms with Crippen molar-refractivity contribution in [3.05, 3.63) is 50.4 Å². The number of hydrogen-bond acceptors (Lipinski definition) is 6. The van der Waals surface area contributed by atoms with Gasteiger partial charge in [-0.15, -0.1) is 11.3 Å². The van der Waals surface area contributed by atoms with Crippen molar-refractivity contribution in [3.63, 3.8) is 0 Å². The molecule has 0 radical (unpaired) electrons. The third-order valence-electron chi connectivity index (χ3n) is 2.61. The molecule has 2 aromatic rings. The number of thiazole rings is 1. The lowest BCUT2D eigenvalue weighted by Gasteiger charge is -2.16. The fourth-order valence-electron chi connectivity index (χ4n) is 1.71. The molecule has 1 unspecified atom stereocenters. The topological polar surface area (TPSA) is 65.5 Å². The molecule has 0 saturated carbocycles. The molecule has 21 heavy (non-hydrogen) atoms. The average Bonchev–Trinajstić information content (AvgIpc) is 2.94. The molecule has 0 saturated heterocycles. The van der Waals surface area contributed by atoms with Crippen molar-refractivity contribution in [3.8, 4) is 0 Å². The molecule has 1 aromatic heterocycles. The molecule has 0 bridgehead atoms. The van der Waals surface area contributed by atoms with E-state index >= 15 is 0 Å². The Hall–Kier alpha value is -1.73. The zero-order valence-corrected chi connectivity index (χ0v) is 13.7. The van der Waals surface area contributed by atoms with E-state index in [9.17, 15) is 9.59 Å². The lowest BCUT2D eigenvalue weighted by atomic mass is 10.1. The molecular formula is C14H12BrNO4S. The molecule has 0 N–H and O–H groups in total. The van der Waals surface area contributed by atoms with Gasteiger partial charge < -0.3 is 9.47 Å². The Morgan fingerprint density at radius 2 is 2.05 bits per heavy atom. The summed E-state index contributed by atoms with van der Waals surface area (Å²) in [4.78, 5) is 27.0. The second kappa shape index (κ2) is 6.82. The number of esters is 2. The van der Waals surface area contributed by atoms with Gasteiger partial charge in [0.2, 0.25) is 0 Å². The third kappa shape index (κ3) is 3.68. The number of benzene rings is 1. The lowest BCUT2D eigenvalue weighted by molar-refractivity contribution is -0.144. The van der Waals surface area contributed by atoms with Gasteiger partial charge in [-0.2, -0.15) is 0 Å². The van der Waals surface area contributed by atoms with Crippen LogP contribution in [0.4, 0.5) is 0 Å². The minimum Gasteiger partial charge on any atom is -0.464 e. The molecule has 0 spiro atoms. The van der Waals surface area contributed by atoms with Crippen LogP contribution in [0.2, 0.25) is 0 Å². The SMILES string of the molecule is COC(=O)c1csc(C(OC(C)=O)c2ccccc2Br)n1. The standard InChI is InChI=1S/C14H12BrNO4S/c1-8(17)20-12(9-5-3-4-6-10(9)15)13-16-11(7-21-13)14(18)19-2/h3-7,12H,1-2H3. The molecule has 1 aromatic carbocycles. The number of hydrogen-bond donors (Lipinski definition) is 0. The zero-order valence-electron chi connectivity index (χ0n) is 11.3. The van der Waals surface area contributed by atoms with Crippen LogP contribution in [-0.4, -0.2) is 24.0 Å². The van der Waals surface area contributed by atoms with E-state index in [4.69, 9.17) is 4.74 Å². The van der Waals surface area contributed by atoms with Crippen LogP contribution in [0.25, 0.3) is 0 Å². The molecular weight excluding hydrogens is 358 g/mol. The first-order valence-electron chi connectivity index (χ1n) is 5.98. The number of methoxy groups -OCH3 is 1. The van der Waals surface area contributed by atoms with E-state index in [0.29, 0.717) is 5.01 Å². The van der Waals surface area contributed by atoms with Crippen molar-refractivity contribution in [1.29, 1.82) is 0 Å². The van der Waals surface area contributed by atoms with E-state index in [1.165, 1.54) is 25.4 Å². The molecule has 110 valence electrons. The number of halogens is 1. The average molecular weight is 370 g/mol. The first-order chi connectivity index (χ1) is 10.0. The summed E-state index contributed by atoms with van der Waals surface area (Å²) in [5, 5.41) is 2.09. The van der Waals surface area contributed by atoms with Gasteiger partial charge in [-0.25, -0.2) is 9.78 Å². The van der Waals surface area contributed by atoms with E-state index in [1.807, 2.05) is 24.3 Å². The second-order valence-electron chi connectivity index (χ2n) is 4.07. The van der Waals surface area contributed by atoms with Gasteiger partial charge in [0.15, 0.2) is 11.8 Å². The fourth-order valence-corrected chi connectivity index (χ4v) is 3.03. The minimum atomic E-state index is -0.665. The van der Waals surface area contributed by atoms with Crippen molar-refractivity contribution in [2.45, 2.75) is 13.0 Å². The highest BCUT2D eigenvalue weighted by atomic mass is 79.9. The first-order valence-corrected chi connectivity index (χ1v) is 7.65. The molecule has 1 heterocycles. The van der Waals surface area contributed by atoms with Gasteiger partial charge in [-0.1, -0.05) is 34.1 Å². The molecule has 5 nitrogen and oxygen atoms in total. The van der Waals surface area contributed by atoms with Crippen molar-refractivity contribution in [2.75, 3.05) is 7.11 Å². The molecule has 0 aliphatic carbocycles. The Labute approximate surface area is 134 Å². The van der Waals surface area contributed by atoms with E-state index in [2.05, 4.69) is 25.7 Å². The van der Waals surface area contributed by atoms with Crippen molar-refractivity contribution in [2.24, 2.45) is 0 Å². The first kappa shape index (κ1) is 15.7. The Morgan fingerprint density at radius 1 is 1.33 bits per heavy atom. The van der Waals surface area contributed by atoms with Crippen LogP contribution in [0.1, 0.15) is 34.1 Å². The number of ether oxygens (including phenoxy) is 2. The van der Waals surface area contributed by atoms with Crippen LogP contribution in [0.5, 0.6) is 0 Å². The van der Waals surface area contributed by atoms with Crippen LogP contribution in [0.15, 0.2) is 34.1 Å². The number of carbonyl (C=O) groups excluding carboxylic acids is 2. The van der Waals surface area contributed by atoms with Gasteiger partial charge in [-0.3, -0.25) is 4.79 Å². The molecule has 0 aliphatic heterocycles. The summed E-state index contributed by atoms with van der Waals surface area (Å²) in [5.74, 6) is -0.947. The summed E-state index contributed by atoms with van der Waals surface area (Å²) >= 11 is 4.66. The molecule has 0 amide bonds. The predicted molar refractivity (Wildman–Crippen MR) is 81.2 cm³/mol. The highest BCUT2D eigenvalue weighted by Crippen LogP contribution is 2.33. The third-order valence-corrected chi connectivity index (χ3v) is 4.22. The zero-order chi connectivity index (χ0) is 15.4. The second-order valence-corrected chi connectivity index (χ2v) is 5.82. The maximum absolute atomic E-state index is 11.5. The highest BCUT2D eigenvalue weighted by molar-refractivity contribution is 9.10. The number of carbonyl (C=O) groups is 2. The summed E-state index contributed by atoms with van der Waals surface area (Å²) < 4.78 is 10.8. The van der Waals surface area contributed by atoms with Crippen LogP contribution in [0, 0.1) is 0 Å². The summed E-state index contributed by atoms with van der Waals surface area (Å²) in [6.45, 7) is 1.33. The fraction of sp³-hybridized carbons (Fsp3) is 0.214. The van der Waals surface area contributed by atoms with Crippen molar-refractivity contribution >= 4 is 39.2 Å². The molecule has 0 fully saturated rings. The van der Waals surface area contributed by atoms with Gasteiger partial charge in [0, 0.05) is 22.3 Å². The van der Waals surface area contributed by atoms with Gasteiger partial charge in [0.1, 0.15) is 5.01 Å². The quantitative estimate of drug-likeness (QED) is 0.773. The van der Waals surface area contributed by atoms with Crippen LogP contribution >= 0.6 is 27.3 Å². The van der Waals surface area contributed by atoms with Crippen molar-refractivity contribution in [1.82, 2.24) is 4.98 Å². The van der Waals surface area contributed by atoms with Gasteiger partial charge in [0.05, 0.1) is 7.11 Å². The molecule has 7 heteroatoms. The molecule has 1 atom stereocenters. The van der Waals surface area contributed by atoms with Crippen LogP contribution in [-0.2, 0) is 14.3 Å². The largest absolute Gasteiger partial charge is 0.464 e. The Bertz CT molecular complexity index is 670. The maximum atomic E-state index is 11.5. The lowest BCUT2D eigenvalue weighted by Crippen LogP contribution is -2.11. The monoisotopic (exact) mass is 369 g/mol. The Kier molecular flexibility index (Phi) is 5.08. The molecule has 2 rings (SSSR count). The minimum absolute atomic E-state index is 0.196. The smallest absolute Gasteiger partial charge is 0.357 e. The normalized spacial score (nSPS) is 11.8. The van der Waals surface area contributed by atoms with E-state index in [-0.39, 0.29) is 5.69 Å². The maximum Gasteiger partial charge on any atom is 0.357 e. The van der Waals surface area contributed by atoms with E-state index in [1.54, 1.807) is 5.38 Å².